The van der Waals surface area contributed by atoms with Crippen LogP contribution in [0.4, 0.5) is 11.5 Å². The Bertz CT molecular complexity index is 695. The van der Waals surface area contributed by atoms with Gasteiger partial charge >= 0.3 is 0 Å². The number of aromatic nitrogens is 1. The standard InChI is InChI=1S/C17H20ClN3O3/c1-23-9-3-7-20-17(22)12-6-8-19-16(10-12)21-13-4-5-15(24-2)14(18)11-13/h4-6,8,10-11H,3,7,9H2,1-2H3,(H,19,21)(H,20,22). The zero-order valence-electron chi connectivity index (χ0n) is 13.6. The van der Waals surface area contributed by atoms with Gasteiger partial charge in [-0.05, 0) is 36.8 Å². The van der Waals surface area contributed by atoms with Gasteiger partial charge in [0.25, 0.3) is 5.91 Å². The third-order valence-corrected chi connectivity index (χ3v) is 3.55. The minimum atomic E-state index is -0.149. The highest BCUT2D eigenvalue weighted by Crippen LogP contribution is 2.28. The molecule has 128 valence electrons. The minimum Gasteiger partial charge on any atom is -0.495 e. The Labute approximate surface area is 146 Å². The van der Waals surface area contributed by atoms with Crippen LogP contribution in [0.2, 0.25) is 5.02 Å². The van der Waals surface area contributed by atoms with Gasteiger partial charge in [0.2, 0.25) is 0 Å². The Balaban J connectivity index is 2.02. The van der Waals surface area contributed by atoms with Gasteiger partial charge < -0.3 is 20.1 Å². The van der Waals surface area contributed by atoms with Gasteiger partial charge in [0, 0.05) is 37.7 Å². The number of amides is 1. The number of pyridine rings is 1. The van der Waals surface area contributed by atoms with E-state index < -0.39 is 0 Å². The molecule has 1 amide bonds. The van der Waals surface area contributed by atoms with Crippen molar-refractivity contribution in [1.82, 2.24) is 10.3 Å². The number of hydrogen-bond acceptors (Lipinski definition) is 5. The molecule has 0 saturated heterocycles. The van der Waals surface area contributed by atoms with Crippen LogP contribution in [0.25, 0.3) is 0 Å². The summed E-state index contributed by atoms with van der Waals surface area (Å²) in [6.45, 7) is 1.17. The number of halogens is 1. The van der Waals surface area contributed by atoms with Gasteiger partial charge in [0.15, 0.2) is 0 Å². The quantitative estimate of drug-likeness (QED) is 0.716. The van der Waals surface area contributed by atoms with Crippen molar-refractivity contribution in [1.29, 1.82) is 0 Å². The number of rotatable bonds is 8. The van der Waals surface area contributed by atoms with Crippen LogP contribution in [0.15, 0.2) is 36.5 Å². The third-order valence-electron chi connectivity index (χ3n) is 3.26. The van der Waals surface area contributed by atoms with E-state index in [-0.39, 0.29) is 5.91 Å². The lowest BCUT2D eigenvalue weighted by Crippen LogP contribution is -2.25. The largest absolute Gasteiger partial charge is 0.495 e. The fourth-order valence-electron chi connectivity index (χ4n) is 2.05. The van der Waals surface area contributed by atoms with Crippen LogP contribution in [0.5, 0.6) is 5.75 Å². The van der Waals surface area contributed by atoms with E-state index in [9.17, 15) is 4.79 Å². The van der Waals surface area contributed by atoms with Crippen molar-refractivity contribution in [2.45, 2.75) is 6.42 Å². The van der Waals surface area contributed by atoms with Gasteiger partial charge in [-0.1, -0.05) is 11.6 Å². The Hall–Kier alpha value is -2.31. The molecular weight excluding hydrogens is 330 g/mol. The van der Waals surface area contributed by atoms with Crippen molar-refractivity contribution in [2.24, 2.45) is 0 Å². The first kappa shape index (κ1) is 18.0. The highest BCUT2D eigenvalue weighted by atomic mass is 35.5. The second kappa shape index (κ2) is 9.10. The van der Waals surface area contributed by atoms with Gasteiger partial charge in [-0.15, -0.1) is 0 Å². The second-order valence-corrected chi connectivity index (χ2v) is 5.41. The van der Waals surface area contributed by atoms with E-state index in [0.717, 1.165) is 12.1 Å². The molecule has 1 heterocycles. The number of anilines is 2. The molecule has 2 N–H and O–H groups in total. The minimum absolute atomic E-state index is 0.149. The number of hydrogen-bond donors (Lipinski definition) is 2. The van der Waals surface area contributed by atoms with E-state index in [1.54, 1.807) is 44.7 Å². The van der Waals surface area contributed by atoms with Crippen molar-refractivity contribution < 1.29 is 14.3 Å². The lowest BCUT2D eigenvalue weighted by Gasteiger charge is -2.10. The lowest BCUT2D eigenvalue weighted by atomic mass is 10.2. The van der Waals surface area contributed by atoms with Crippen molar-refractivity contribution in [3.63, 3.8) is 0 Å². The first-order valence-corrected chi connectivity index (χ1v) is 7.85. The van der Waals surface area contributed by atoms with Crippen LogP contribution in [0, 0.1) is 0 Å². The first-order valence-electron chi connectivity index (χ1n) is 7.48. The van der Waals surface area contributed by atoms with E-state index in [4.69, 9.17) is 21.1 Å². The molecule has 0 atom stereocenters. The molecule has 24 heavy (non-hydrogen) atoms. The summed E-state index contributed by atoms with van der Waals surface area (Å²) in [6.07, 6.45) is 2.35. The molecule has 0 aliphatic rings. The number of methoxy groups -OCH3 is 2. The second-order valence-electron chi connectivity index (χ2n) is 5.01. The zero-order chi connectivity index (χ0) is 17.4. The maximum atomic E-state index is 12.1. The van der Waals surface area contributed by atoms with Crippen molar-refractivity contribution in [2.75, 3.05) is 32.7 Å². The number of carbonyl (C=O) groups is 1. The normalized spacial score (nSPS) is 10.3. The van der Waals surface area contributed by atoms with Crippen LogP contribution in [0.3, 0.4) is 0 Å². The van der Waals surface area contributed by atoms with Crippen LogP contribution in [0.1, 0.15) is 16.8 Å². The summed E-state index contributed by atoms with van der Waals surface area (Å²) < 4.78 is 10.1. The fourth-order valence-corrected chi connectivity index (χ4v) is 2.31. The summed E-state index contributed by atoms with van der Waals surface area (Å²) in [5, 5.41) is 6.45. The van der Waals surface area contributed by atoms with Gasteiger partial charge in [0.1, 0.15) is 11.6 Å². The Morgan fingerprint density at radius 3 is 2.79 bits per heavy atom. The average molecular weight is 350 g/mol. The zero-order valence-corrected chi connectivity index (χ0v) is 14.4. The predicted octanol–water partition coefficient (Wildman–Crippen LogP) is 3.25. The van der Waals surface area contributed by atoms with E-state index in [0.29, 0.717) is 35.3 Å². The van der Waals surface area contributed by atoms with Crippen LogP contribution in [-0.4, -0.2) is 38.3 Å². The highest BCUT2D eigenvalue weighted by molar-refractivity contribution is 6.32. The topological polar surface area (TPSA) is 72.5 Å². The molecule has 0 unspecified atom stereocenters. The summed E-state index contributed by atoms with van der Waals surface area (Å²) in [6, 6.07) is 8.67. The van der Waals surface area contributed by atoms with Gasteiger partial charge in [-0.25, -0.2) is 4.98 Å². The van der Waals surface area contributed by atoms with Crippen LogP contribution >= 0.6 is 11.6 Å². The summed E-state index contributed by atoms with van der Waals surface area (Å²) in [4.78, 5) is 16.3. The number of ether oxygens (including phenoxy) is 2. The lowest BCUT2D eigenvalue weighted by molar-refractivity contribution is 0.0948. The molecule has 2 aromatic rings. The summed E-state index contributed by atoms with van der Waals surface area (Å²) in [5.41, 5.74) is 1.29. The van der Waals surface area contributed by atoms with Gasteiger partial charge in [-0.2, -0.15) is 0 Å². The van der Waals surface area contributed by atoms with Crippen molar-refractivity contribution >= 4 is 29.0 Å². The maximum absolute atomic E-state index is 12.1. The molecule has 0 saturated carbocycles. The molecule has 2 rings (SSSR count). The van der Waals surface area contributed by atoms with Crippen LogP contribution in [-0.2, 0) is 4.74 Å². The monoisotopic (exact) mass is 349 g/mol. The third kappa shape index (κ3) is 5.11. The molecule has 1 aromatic carbocycles. The summed E-state index contributed by atoms with van der Waals surface area (Å²) >= 11 is 6.10. The number of benzene rings is 1. The molecule has 0 bridgehead atoms. The molecule has 6 nitrogen and oxygen atoms in total. The molecule has 1 aromatic heterocycles. The van der Waals surface area contributed by atoms with Gasteiger partial charge in [-0.3, -0.25) is 4.79 Å². The molecule has 0 fully saturated rings. The van der Waals surface area contributed by atoms with Gasteiger partial charge in [0.05, 0.1) is 12.1 Å². The SMILES string of the molecule is COCCCNC(=O)c1ccnc(Nc2ccc(OC)c(Cl)c2)c1. The number of nitrogens with one attached hydrogen (secondary N) is 2. The van der Waals surface area contributed by atoms with E-state index in [1.807, 2.05) is 6.07 Å². The van der Waals surface area contributed by atoms with E-state index in [2.05, 4.69) is 15.6 Å². The molecule has 7 heteroatoms. The number of nitrogens with zero attached hydrogens (tertiary/aromatic N) is 1. The highest BCUT2D eigenvalue weighted by Gasteiger charge is 2.07. The molecule has 0 radical (unpaired) electrons. The van der Waals surface area contributed by atoms with E-state index >= 15 is 0 Å². The maximum Gasteiger partial charge on any atom is 0.251 e. The predicted molar refractivity (Wildman–Crippen MR) is 94.3 cm³/mol. The Kier molecular flexibility index (Phi) is 6.84. The Morgan fingerprint density at radius 2 is 2.08 bits per heavy atom. The van der Waals surface area contributed by atoms with Crippen molar-refractivity contribution in [3.8, 4) is 5.75 Å². The first-order chi connectivity index (χ1) is 11.6. The van der Waals surface area contributed by atoms with Crippen LogP contribution < -0.4 is 15.4 Å². The molecule has 0 aliphatic heterocycles. The van der Waals surface area contributed by atoms with Crippen molar-refractivity contribution in [3.05, 3.63) is 47.1 Å². The number of carbonyl (C=O) groups excluding carboxylic acids is 1. The molecule has 0 spiro atoms. The fraction of sp³-hybridized carbons (Fsp3) is 0.294. The summed E-state index contributed by atoms with van der Waals surface area (Å²) in [7, 11) is 3.19. The Morgan fingerprint density at radius 1 is 1.25 bits per heavy atom. The molecule has 0 aliphatic carbocycles. The molecular formula is C17H20ClN3O3. The average Bonchev–Trinajstić information content (AvgIpc) is 2.59. The summed E-state index contributed by atoms with van der Waals surface area (Å²) in [5.74, 6) is 1.00. The smallest absolute Gasteiger partial charge is 0.251 e. The van der Waals surface area contributed by atoms with E-state index in [1.165, 1.54) is 0 Å².